The minimum Gasteiger partial charge on any atom is -0.316 e. The molecule has 0 aliphatic heterocycles. The molecule has 0 bridgehead atoms. The second-order valence-corrected chi connectivity index (χ2v) is 3.32. The summed E-state index contributed by atoms with van der Waals surface area (Å²) in [6.07, 6.45) is 4.31. The van der Waals surface area contributed by atoms with Crippen LogP contribution < -0.4 is 5.32 Å². The van der Waals surface area contributed by atoms with Crippen LogP contribution in [0.15, 0.2) is 24.3 Å². The molecule has 13 heavy (non-hydrogen) atoms. The predicted molar refractivity (Wildman–Crippen MR) is 58.9 cm³/mol. The fraction of sp³-hybridized carbons (Fsp3) is 0.333. The summed E-state index contributed by atoms with van der Waals surface area (Å²) in [4.78, 5) is 0. The van der Waals surface area contributed by atoms with E-state index >= 15 is 0 Å². The second-order valence-electron chi connectivity index (χ2n) is 3.32. The van der Waals surface area contributed by atoms with Gasteiger partial charge in [-0.05, 0) is 32.0 Å². The summed E-state index contributed by atoms with van der Waals surface area (Å²) in [5.41, 5.74) is 3.96. The van der Waals surface area contributed by atoms with Crippen LogP contribution in [0, 0.1) is 13.8 Å². The summed E-state index contributed by atoms with van der Waals surface area (Å²) < 4.78 is 0. The van der Waals surface area contributed by atoms with E-state index in [1.165, 1.54) is 16.7 Å². The van der Waals surface area contributed by atoms with E-state index in [2.05, 4.69) is 49.5 Å². The van der Waals surface area contributed by atoms with Gasteiger partial charge in [0.2, 0.25) is 0 Å². The Morgan fingerprint density at radius 3 is 2.77 bits per heavy atom. The van der Waals surface area contributed by atoms with E-state index in [0.29, 0.717) is 0 Å². The Morgan fingerprint density at radius 2 is 2.08 bits per heavy atom. The number of rotatable bonds is 3. The van der Waals surface area contributed by atoms with Gasteiger partial charge in [0.1, 0.15) is 0 Å². The molecule has 0 atom stereocenters. The first-order valence-corrected chi connectivity index (χ1v) is 4.62. The standard InChI is InChI=1S/C12H17N/c1-10-6-7-11(2)12(9-10)5-4-8-13-3/h4-7,9,13H,8H2,1-3H3. The van der Waals surface area contributed by atoms with Crippen molar-refractivity contribution in [2.24, 2.45) is 0 Å². The summed E-state index contributed by atoms with van der Waals surface area (Å²) in [5.74, 6) is 0. The Bertz CT molecular complexity index is 300. The molecule has 0 radical (unpaired) electrons. The highest BCUT2D eigenvalue weighted by atomic mass is 14.8. The monoisotopic (exact) mass is 175 g/mol. The summed E-state index contributed by atoms with van der Waals surface area (Å²) in [6, 6.07) is 6.51. The Hall–Kier alpha value is -1.08. The van der Waals surface area contributed by atoms with Gasteiger partial charge >= 0.3 is 0 Å². The van der Waals surface area contributed by atoms with Gasteiger partial charge in [-0.15, -0.1) is 0 Å². The molecule has 1 nitrogen and oxygen atoms in total. The van der Waals surface area contributed by atoms with Crippen molar-refractivity contribution < 1.29 is 0 Å². The van der Waals surface area contributed by atoms with Gasteiger partial charge in [0.25, 0.3) is 0 Å². The molecule has 0 fully saturated rings. The molecule has 1 aromatic carbocycles. The van der Waals surface area contributed by atoms with Crippen molar-refractivity contribution in [2.75, 3.05) is 13.6 Å². The van der Waals surface area contributed by atoms with Gasteiger partial charge in [0.05, 0.1) is 0 Å². The zero-order chi connectivity index (χ0) is 9.68. The molecule has 1 N–H and O–H groups in total. The molecule has 70 valence electrons. The molecular weight excluding hydrogens is 158 g/mol. The molecule has 1 rings (SSSR count). The molecule has 0 aliphatic rings. The predicted octanol–water partition coefficient (Wildman–Crippen LogP) is 2.54. The van der Waals surface area contributed by atoms with Crippen molar-refractivity contribution in [2.45, 2.75) is 13.8 Å². The molecule has 0 saturated heterocycles. The SMILES string of the molecule is CNCC=Cc1cc(C)ccc1C. The first kappa shape index (κ1) is 10.0. The number of hydrogen-bond acceptors (Lipinski definition) is 1. The minimum absolute atomic E-state index is 0.924. The molecule has 0 aliphatic carbocycles. The Kier molecular flexibility index (Phi) is 3.71. The van der Waals surface area contributed by atoms with Gasteiger partial charge in [-0.25, -0.2) is 0 Å². The van der Waals surface area contributed by atoms with Gasteiger partial charge in [0.15, 0.2) is 0 Å². The average molecular weight is 175 g/mol. The lowest BCUT2D eigenvalue weighted by atomic mass is 10.1. The quantitative estimate of drug-likeness (QED) is 0.744. The van der Waals surface area contributed by atoms with Crippen LogP contribution in [-0.4, -0.2) is 13.6 Å². The van der Waals surface area contributed by atoms with E-state index in [9.17, 15) is 0 Å². The summed E-state index contributed by atoms with van der Waals surface area (Å²) in [5, 5.41) is 3.09. The number of hydrogen-bond donors (Lipinski definition) is 1. The molecule has 0 saturated carbocycles. The molecule has 0 heterocycles. The zero-order valence-electron chi connectivity index (χ0n) is 8.59. The fourth-order valence-electron chi connectivity index (χ4n) is 1.24. The Morgan fingerprint density at radius 1 is 1.31 bits per heavy atom. The Balaban J connectivity index is 2.81. The van der Waals surface area contributed by atoms with Crippen LogP contribution >= 0.6 is 0 Å². The smallest absolute Gasteiger partial charge is 0.0135 e. The highest BCUT2D eigenvalue weighted by Crippen LogP contribution is 2.11. The molecule has 1 aromatic rings. The summed E-state index contributed by atoms with van der Waals surface area (Å²) >= 11 is 0. The molecular formula is C12H17N. The van der Waals surface area contributed by atoms with E-state index < -0.39 is 0 Å². The van der Waals surface area contributed by atoms with E-state index in [4.69, 9.17) is 0 Å². The summed E-state index contributed by atoms with van der Waals surface area (Å²) in [6.45, 7) is 5.18. The number of aryl methyl sites for hydroxylation is 2. The van der Waals surface area contributed by atoms with Crippen LogP contribution in [-0.2, 0) is 0 Å². The maximum absolute atomic E-state index is 3.09. The lowest BCUT2D eigenvalue weighted by molar-refractivity contribution is 0.922. The third kappa shape index (κ3) is 3.03. The third-order valence-corrected chi connectivity index (χ3v) is 2.05. The average Bonchev–Trinajstić information content (AvgIpc) is 2.11. The highest BCUT2D eigenvalue weighted by molar-refractivity contribution is 5.54. The van der Waals surface area contributed by atoms with Crippen molar-refractivity contribution in [3.8, 4) is 0 Å². The summed E-state index contributed by atoms with van der Waals surface area (Å²) in [7, 11) is 1.95. The van der Waals surface area contributed by atoms with Crippen molar-refractivity contribution >= 4 is 6.08 Å². The number of likely N-dealkylation sites (N-methyl/N-ethyl adjacent to an activating group) is 1. The normalized spacial score (nSPS) is 11.0. The van der Waals surface area contributed by atoms with E-state index in [1.807, 2.05) is 7.05 Å². The minimum atomic E-state index is 0.924. The molecule has 0 amide bonds. The van der Waals surface area contributed by atoms with Gasteiger partial charge in [-0.2, -0.15) is 0 Å². The van der Waals surface area contributed by atoms with Gasteiger partial charge in [-0.1, -0.05) is 35.9 Å². The zero-order valence-corrected chi connectivity index (χ0v) is 8.59. The van der Waals surface area contributed by atoms with E-state index in [0.717, 1.165) is 6.54 Å². The molecule has 1 heteroatoms. The van der Waals surface area contributed by atoms with Crippen molar-refractivity contribution in [1.29, 1.82) is 0 Å². The maximum atomic E-state index is 3.09. The maximum Gasteiger partial charge on any atom is 0.0135 e. The largest absolute Gasteiger partial charge is 0.316 e. The molecule has 0 aromatic heterocycles. The lowest BCUT2D eigenvalue weighted by Crippen LogP contribution is -2.03. The molecule has 0 spiro atoms. The number of benzene rings is 1. The number of nitrogens with one attached hydrogen (secondary N) is 1. The molecule has 0 unspecified atom stereocenters. The topological polar surface area (TPSA) is 12.0 Å². The first-order chi connectivity index (χ1) is 6.24. The van der Waals surface area contributed by atoms with Gasteiger partial charge in [-0.3, -0.25) is 0 Å². The van der Waals surface area contributed by atoms with Crippen molar-refractivity contribution in [1.82, 2.24) is 5.32 Å². The van der Waals surface area contributed by atoms with E-state index in [1.54, 1.807) is 0 Å². The van der Waals surface area contributed by atoms with Crippen LogP contribution in [0.5, 0.6) is 0 Å². The van der Waals surface area contributed by atoms with Gasteiger partial charge < -0.3 is 5.32 Å². The van der Waals surface area contributed by atoms with Gasteiger partial charge in [0, 0.05) is 6.54 Å². The highest BCUT2D eigenvalue weighted by Gasteiger charge is 1.92. The van der Waals surface area contributed by atoms with Crippen molar-refractivity contribution in [3.05, 3.63) is 41.0 Å². The fourth-order valence-corrected chi connectivity index (χ4v) is 1.24. The van der Waals surface area contributed by atoms with E-state index in [-0.39, 0.29) is 0 Å². The third-order valence-electron chi connectivity index (χ3n) is 2.05. The Labute approximate surface area is 80.5 Å². The lowest BCUT2D eigenvalue weighted by Gasteiger charge is -2.01. The second kappa shape index (κ2) is 4.83. The van der Waals surface area contributed by atoms with Crippen LogP contribution in [0.1, 0.15) is 16.7 Å². The first-order valence-electron chi connectivity index (χ1n) is 4.62. The van der Waals surface area contributed by atoms with Crippen LogP contribution in [0.4, 0.5) is 0 Å². The van der Waals surface area contributed by atoms with Crippen LogP contribution in [0.25, 0.3) is 6.08 Å². The van der Waals surface area contributed by atoms with Crippen LogP contribution in [0.3, 0.4) is 0 Å². The van der Waals surface area contributed by atoms with Crippen molar-refractivity contribution in [3.63, 3.8) is 0 Å². The van der Waals surface area contributed by atoms with Crippen LogP contribution in [0.2, 0.25) is 0 Å².